The number of H-pyrrole nitrogens is 2. The van der Waals surface area contributed by atoms with Crippen molar-refractivity contribution in [2.75, 3.05) is 7.11 Å². The van der Waals surface area contributed by atoms with Gasteiger partial charge in [0.05, 0.1) is 12.5 Å². The second-order valence-corrected chi connectivity index (χ2v) is 9.06. The molecule has 5 rings (SSSR count). The molecule has 0 fully saturated rings. The molecule has 174 valence electrons. The lowest BCUT2D eigenvalue weighted by atomic mass is 9.63. The minimum Gasteiger partial charge on any atom is -0.496 e. The van der Waals surface area contributed by atoms with E-state index >= 15 is 0 Å². The second-order valence-electron chi connectivity index (χ2n) is 9.06. The van der Waals surface area contributed by atoms with E-state index in [0.717, 1.165) is 62.9 Å². The Hall–Kier alpha value is -3.74. The highest BCUT2D eigenvalue weighted by molar-refractivity contribution is 5.86. The first-order chi connectivity index (χ1) is 16.5. The van der Waals surface area contributed by atoms with Gasteiger partial charge in [0.2, 0.25) is 0 Å². The highest BCUT2D eigenvalue weighted by Gasteiger charge is 2.43. The van der Waals surface area contributed by atoms with Crippen molar-refractivity contribution >= 4 is 22.1 Å². The highest BCUT2D eigenvalue weighted by atomic mass is 16.5. The van der Waals surface area contributed by atoms with Gasteiger partial charge in [-0.15, -0.1) is 0 Å². The predicted octanol–water partition coefficient (Wildman–Crippen LogP) is 5.61. The van der Waals surface area contributed by atoms with Gasteiger partial charge in [-0.05, 0) is 79.6 Å². The summed E-state index contributed by atoms with van der Waals surface area (Å²) in [6.07, 6.45) is 1.78. The van der Waals surface area contributed by atoms with Gasteiger partial charge in [0, 0.05) is 5.56 Å². The summed E-state index contributed by atoms with van der Waals surface area (Å²) in [4.78, 5) is 0. The van der Waals surface area contributed by atoms with Crippen LogP contribution in [-0.4, -0.2) is 37.9 Å². The normalized spacial score (nSPS) is 12.1. The largest absolute Gasteiger partial charge is 0.496 e. The van der Waals surface area contributed by atoms with Crippen molar-refractivity contribution in [1.29, 1.82) is 0 Å². The van der Waals surface area contributed by atoms with Crippen molar-refractivity contribution < 1.29 is 4.74 Å². The number of benzene rings is 3. The maximum absolute atomic E-state index is 6.19. The molecule has 0 aliphatic heterocycles. The SMILES string of the molecule is CCCC(c1c(C)c(C)c(C)c(C)c1OC)(c1cccc2n[nH]nc12)c1cccc2n[nH]nc12. The summed E-state index contributed by atoms with van der Waals surface area (Å²) < 4.78 is 6.19. The van der Waals surface area contributed by atoms with E-state index in [1.807, 2.05) is 12.1 Å². The van der Waals surface area contributed by atoms with Crippen LogP contribution in [0.2, 0.25) is 0 Å². The third-order valence-corrected chi connectivity index (χ3v) is 7.50. The number of methoxy groups -OCH3 is 1. The highest BCUT2D eigenvalue weighted by Crippen LogP contribution is 2.52. The van der Waals surface area contributed by atoms with Crippen LogP contribution in [0, 0.1) is 27.7 Å². The van der Waals surface area contributed by atoms with Gasteiger partial charge in [0.25, 0.3) is 0 Å². The number of para-hydroxylation sites is 2. The Balaban J connectivity index is 2.06. The van der Waals surface area contributed by atoms with Gasteiger partial charge in [-0.1, -0.05) is 37.6 Å². The van der Waals surface area contributed by atoms with Crippen molar-refractivity contribution in [2.24, 2.45) is 0 Å². The molecule has 0 spiro atoms. The Morgan fingerprint density at radius 1 is 0.735 bits per heavy atom. The molecule has 5 aromatic rings. The lowest BCUT2D eigenvalue weighted by Crippen LogP contribution is -2.32. The van der Waals surface area contributed by atoms with E-state index in [0.29, 0.717) is 0 Å². The molecule has 0 amide bonds. The number of aromatic amines is 2. The zero-order valence-electron chi connectivity index (χ0n) is 20.6. The molecular formula is C27H30N6O. The molecule has 7 heteroatoms. The van der Waals surface area contributed by atoms with Crippen molar-refractivity contribution in [1.82, 2.24) is 30.8 Å². The van der Waals surface area contributed by atoms with Crippen molar-refractivity contribution in [3.05, 3.63) is 75.3 Å². The van der Waals surface area contributed by atoms with Crippen LogP contribution in [0.15, 0.2) is 36.4 Å². The molecule has 0 bridgehead atoms. The van der Waals surface area contributed by atoms with Crippen LogP contribution in [0.25, 0.3) is 22.1 Å². The van der Waals surface area contributed by atoms with E-state index in [2.05, 4.69) is 89.7 Å². The van der Waals surface area contributed by atoms with Gasteiger partial charge in [-0.3, -0.25) is 0 Å². The second kappa shape index (κ2) is 8.24. The zero-order chi connectivity index (χ0) is 24.0. The van der Waals surface area contributed by atoms with Crippen LogP contribution in [-0.2, 0) is 5.41 Å². The van der Waals surface area contributed by atoms with Gasteiger partial charge in [-0.25, -0.2) is 0 Å². The van der Waals surface area contributed by atoms with E-state index in [1.54, 1.807) is 7.11 Å². The molecule has 2 N–H and O–H groups in total. The summed E-state index contributed by atoms with van der Waals surface area (Å²) in [5, 5.41) is 23.7. The maximum Gasteiger partial charge on any atom is 0.126 e. The Morgan fingerprint density at radius 3 is 1.76 bits per heavy atom. The fourth-order valence-electron chi connectivity index (χ4n) is 5.66. The molecule has 3 aromatic carbocycles. The molecule has 7 nitrogen and oxygen atoms in total. The third kappa shape index (κ3) is 2.96. The molecule has 0 radical (unpaired) electrons. The first-order valence-corrected chi connectivity index (χ1v) is 11.7. The average molecular weight is 455 g/mol. The summed E-state index contributed by atoms with van der Waals surface area (Å²) >= 11 is 0. The quantitative estimate of drug-likeness (QED) is 0.326. The van der Waals surface area contributed by atoms with E-state index < -0.39 is 5.41 Å². The van der Waals surface area contributed by atoms with Crippen LogP contribution in [0.3, 0.4) is 0 Å². The molecule has 0 aliphatic carbocycles. The smallest absolute Gasteiger partial charge is 0.126 e. The fraction of sp³-hybridized carbons (Fsp3) is 0.333. The van der Waals surface area contributed by atoms with Gasteiger partial charge in [0.1, 0.15) is 27.8 Å². The number of nitrogens with zero attached hydrogens (tertiary/aromatic N) is 4. The Kier molecular flexibility index (Phi) is 5.35. The number of rotatable bonds is 6. The van der Waals surface area contributed by atoms with Crippen molar-refractivity contribution in [3.8, 4) is 5.75 Å². The topological polar surface area (TPSA) is 92.4 Å². The van der Waals surface area contributed by atoms with Gasteiger partial charge >= 0.3 is 0 Å². The summed E-state index contributed by atoms with van der Waals surface area (Å²) in [5.41, 5.74) is 11.0. The first kappa shape index (κ1) is 22.1. The van der Waals surface area contributed by atoms with Gasteiger partial charge in [-0.2, -0.15) is 30.8 Å². The number of ether oxygens (including phenoxy) is 1. The lowest BCUT2D eigenvalue weighted by Gasteiger charge is -2.39. The summed E-state index contributed by atoms with van der Waals surface area (Å²) in [5.74, 6) is 0.912. The molecule has 2 aromatic heterocycles. The van der Waals surface area contributed by atoms with Gasteiger partial charge in [0.15, 0.2) is 0 Å². The third-order valence-electron chi connectivity index (χ3n) is 7.50. The Morgan fingerprint density at radius 2 is 1.26 bits per heavy atom. The predicted molar refractivity (Wildman–Crippen MR) is 135 cm³/mol. The van der Waals surface area contributed by atoms with Crippen molar-refractivity contribution in [2.45, 2.75) is 52.9 Å². The van der Waals surface area contributed by atoms with Crippen LogP contribution < -0.4 is 4.74 Å². The number of fused-ring (bicyclic) bond motifs is 2. The van der Waals surface area contributed by atoms with Crippen LogP contribution in [0.1, 0.15) is 58.7 Å². The lowest BCUT2D eigenvalue weighted by molar-refractivity contribution is 0.393. The number of hydrogen-bond acceptors (Lipinski definition) is 5. The summed E-state index contributed by atoms with van der Waals surface area (Å²) in [6.45, 7) is 10.9. The van der Waals surface area contributed by atoms with E-state index in [4.69, 9.17) is 4.74 Å². The van der Waals surface area contributed by atoms with E-state index in [9.17, 15) is 0 Å². The first-order valence-electron chi connectivity index (χ1n) is 11.7. The summed E-state index contributed by atoms with van der Waals surface area (Å²) in [6, 6.07) is 12.4. The standard InChI is InChI=1S/C27H30N6O/c1-7-14-27(19-10-8-12-21-24(19)30-32-28-21,20-11-9-13-22-25(20)31-33-29-22)23-17(4)15(2)16(3)18(5)26(23)34-6/h8-13H,7,14H2,1-6H3,(H,28,30,32)(H,29,31,33). The zero-order valence-corrected chi connectivity index (χ0v) is 20.6. The molecule has 0 atom stereocenters. The average Bonchev–Trinajstić information content (AvgIpc) is 3.53. The molecule has 0 saturated carbocycles. The Labute approximate surface area is 198 Å². The van der Waals surface area contributed by atoms with E-state index in [-0.39, 0.29) is 0 Å². The monoisotopic (exact) mass is 454 g/mol. The Bertz CT molecular complexity index is 1440. The molecule has 2 heterocycles. The number of nitrogens with one attached hydrogen (secondary N) is 2. The number of hydrogen-bond donors (Lipinski definition) is 2. The summed E-state index contributed by atoms with van der Waals surface area (Å²) in [7, 11) is 1.77. The minimum atomic E-state index is -0.583. The maximum atomic E-state index is 6.19. The van der Waals surface area contributed by atoms with Crippen LogP contribution >= 0.6 is 0 Å². The molecular weight excluding hydrogens is 424 g/mol. The van der Waals surface area contributed by atoms with Crippen LogP contribution in [0.5, 0.6) is 5.75 Å². The molecule has 0 saturated heterocycles. The van der Waals surface area contributed by atoms with Gasteiger partial charge < -0.3 is 4.74 Å². The molecule has 0 unspecified atom stereocenters. The van der Waals surface area contributed by atoms with Crippen LogP contribution in [0.4, 0.5) is 0 Å². The van der Waals surface area contributed by atoms with E-state index in [1.165, 1.54) is 16.7 Å². The van der Waals surface area contributed by atoms with Crippen molar-refractivity contribution in [3.63, 3.8) is 0 Å². The molecule has 34 heavy (non-hydrogen) atoms. The number of aromatic nitrogens is 6. The molecule has 0 aliphatic rings. The minimum absolute atomic E-state index is 0.583. The fourth-order valence-corrected chi connectivity index (χ4v) is 5.66.